The van der Waals surface area contributed by atoms with Crippen molar-refractivity contribution in [3.8, 4) is 0 Å². The highest BCUT2D eigenvalue weighted by molar-refractivity contribution is 7.89. The van der Waals surface area contributed by atoms with E-state index in [0.717, 1.165) is 12.8 Å². The average molecular weight is 326 g/mol. The van der Waals surface area contributed by atoms with Crippen LogP contribution in [0.4, 0.5) is 17.6 Å². The van der Waals surface area contributed by atoms with Crippen molar-refractivity contribution in [2.45, 2.75) is 30.0 Å². The van der Waals surface area contributed by atoms with Gasteiger partial charge in [-0.1, -0.05) is 0 Å². The van der Waals surface area contributed by atoms with Crippen LogP contribution >= 0.6 is 0 Å². The highest BCUT2D eigenvalue weighted by atomic mass is 32.2. The molecule has 0 aliphatic heterocycles. The first kappa shape index (κ1) is 16.2. The Morgan fingerprint density at radius 2 is 1.95 bits per heavy atom. The van der Waals surface area contributed by atoms with Crippen LogP contribution in [0.5, 0.6) is 0 Å². The fourth-order valence-corrected chi connectivity index (χ4v) is 3.40. The molecule has 1 aliphatic carbocycles. The lowest BCUT2D eigenvalue weighted by Crippen LogP contribution is -2.42. The number of nitrogens with two attached hydrogens (primary N) is 1. The number of rotatable bonds is 5. The number of halogens is 4. The minimum absolute atomic E-state index is 0.00444. The molecule has 0 saturated heterocycles. The number of benzene rings is 1. The first-order chi connectivity index (χ1) is 9.65. The molecule has 1 atom stereocenters. The molecule has 1 aromatic carbocycles. The molecule has 1 fully saturated rings. The Kier molecular flexibility index (Phi) is 4.27. The summed E-state index contributed by atoms with van der Waals surface area (Å²) in [5.74, 6) is -1.18. The Bertz CT molecular complexity index is 627. The standard InChI is InChI=1S/C12H14F4N2O2S/c13-9-4-3-8(12(14,15)16)5-11(9)21(19,20)18-10(6-17)7-1-2-7/h3-5,7,10,18H,1-2,6,17H2. The van der Waals surface area contributed by atoms with Gasteiger partial charge in [-0.05, 0) is 37.0 Å². The van der Waals surface area contributed by atoms with Crippen molar-refractivity contribution in [3.63, 3.8) is 0 Å². The molecule has 118 valence electrons. The first-order valence-corrected chi connectivity index (χ1v) is 7.72. The number of alkyl halides is 3. The number of hydrogen-bond acceptors (Lipinski definition) is 3. The van der Waals surface area contributed by atoms with E-state index in [9.17, 15) is 26.0 Å². The van der Waals surface area contributed by atoms with Crippen LogP contribution in [0.1, 0.15) is 18.4 Å². The zero-order chi connectivity index (χ0) is 15.8. The van der Waals surface area contributed by atoms with Crippen molar-refractivity contribution in [3.05, 3.63) is 29.6 Å². The predicted molar refractivity (Wildman–Crippen MR) is 67.3 cm³/mol. The van der Waals surface area contributed by atoms with E-state index in [0.29, 0.717) is 12.1 Å². The van der Waals surface area contributed by atoms with Crippen LogP contribution in [0.2, 0.25) is 0 Å². The fourth-order valence-electron chi connectivity index (χ4n) is 1.98. The molecular weight excluding hydrogens is 312 g/mol. The normalized spacial score (nSPS) is 17.8. The number of sulfonamides is 1. The Balaban J connectivity index is 2.34. The van der Waals surface area contributed by atoms with E-state index in [4.69, 9.17) is 5.73 Å². The minimum atomic E-state index is -4.75. The van der Waals surface area contributed by atoms with Gasteiger partial charge in [-0.2, -0.15) is 13.2 Å². The molecule has 0 bridgehead atoms. The third-order valence-corrected chi connectivity index (χ3v) is 4.80. The van der Waals surface area contributed by atoms with Gasteiger partial charge >= 0.3 is 6.18 Å². The Morgan fingerprint density at radius 1 is 1.33 bits per heavy atom. The zero-order valence-electron chi connectivity index (χ0n) is 10.8. The van der Waals surface area contributed by atoms with Crippen molar-refractivity contribution in [2.24, 2.45) is 11.7 Å². The van der Waals surface area contributed by atoms with Crippen molar-refractivity contribution in [1.29, 1.82) is 0 Å². The van der Waals surface area contributed by atoms with Crippen LogP contribution in [0, 0.1) is 11.7 Å². The Labute approximate surface area is 119 Å². The van der Waals surface area contributed by atoms with E-state index in [1.807, 2.05) is 0 Å². The lowest BCUT2D eigenvalue weighted by molar-refractivity contribution is -0.137. The van der Waals surface area contributed by atoms with Gasteiger partial charge in [0.1, 0.15) is 10.7 Å². The van der Waals surface area contributed by atoms with Gasteiger partial charge in [-0.15, -0.1) is 0 Å². The number of nitrogens with one attached hydrogen (secondary N) is 1. The van der Waals surface area contributed by atoms with Gasteiger partial charge in [-0.3, -0.25) is 0 Å². The quantitative estimate of drug-likeness (QED) is 0.811. The summed E-state index contributed by atoms with van der Waals surface area (Å²) in [5.41, 5.74) is 4.21. The van der Waals surface area contributed by atoms with Crippen molar-refractivity contribution in [1.82, 2.24) is 4.72 Å². The molecule has 0 radical (unpaired) electrons. The third-order valence-electron chi connectivity index (χ3n) is 3.30. The van der Waals surface area contributed by atoms with E-state index in [-0.39, 0.29) is 18.5 Å². The summed E-state index contributed by atoms with van der Waals surface area (Å²) in [4.78, 5) is -1.02. The molecule has 3 N–H and O–H groups in total. The van der Waals surface area contributed by atoms with Crippen molar-refractivity contribution >= 4 is 10.0 Å². The van der Waals surface area contributed by atoms with Crippen molar-refractivity contribution < 1.29 is 26.0 Å². The molecule has 0 spiro atoms. The van der Waals surface area contributed by atoms with Crippen LogP contribution in [0.25, 0.3) is 0 Å². The van der Waals surface area contributed by atoms with Gasteiger partial charge < -0.3 is 5.73 Å². The van der Waals surface area contributed by atoms with Crippen molar-refractivity contribution in [2.75, 3.05) is 6.54 Å². The molecule has 1 saturated carbocycles. The second kappa shape index (κ2) is 5.54. The molecule has 2 rings (SSSR count). The molecule has 21 heavy (non-hydrogen) atoms. The maximum Gasteiger partial charge on any atom is 0.416 e. The highest BCUT2D eigenvalue weighted by Gasteiger charge is 2.36. The predicted octanol–water partition coefficient (Wildman–Crippen LogP) is 1.86. The maximum atomic E-state index is 13.6. The van der Waals surface area contributed by atoms with Gasteiger partial charge in [0, 0.05) is 12.6 Å². The second-order valence-electron chi connectivity index (χ2n) is 4.94. The summed E-state index contributed by atoms with van der Waals surface area (Å²) >= 11 is 0. The Morgan fingerprint density at radius 3 is 2.43 bits per heavy atom. The van der Waals surface area contributed by atoms with Crippen LogP contribution in [0.15, 0.2) is 23.1 Å². The van der Waals surface area contributed by atoms with Crippen LogP contribution < -0.4 is 10.5 Å². The fraction of sp³-hybridized carbons (Fsp3) is 0.500. The van der Waals surface area contributed by atoms with Crippen LogP contribution in [0.3, 0.4) is 0 Å². The summed E-state index contributed by atoms with van der Waals surface area (Å²) in [5, 5.41) is 0. The lowest BCUT2D eigenvalue weighted by Gasteiger charge is -2.17. The monoisotopic (exact) mass is 326 g/mol. The largest absolute Gasteiger partial charge is 0.416 e. The van der Waals surface area contributed by atoms with E-state index in [1.54, 1.807) is 0 Å². The Hall–Kier alpha value is -1.19. The van der Waals surface area contributed by atoms with E-state index in [1.165, 1.54) is 0 Å². The SMILES string of the molecule is NCC(NS(=O)(=O)c1cc(C(F)(F)F)ccc1F)C1CC1. The van der Waals surface area contributed by atoms with E-state index < -0.39 is 38.5 Å². The van der Waals surface area contributed by atoms with Gasteiger partial charge in [0.2, 0.25) is 10.0 Å². The van der Waals surface area contributed by atoms with Crippen LogP contribution in [-0.4, -0.2) is 21.0 Å². The lowest BCUT2D eigenvalue weighted by atomic mass is 10.2. The summed E-state index contributed by atoms with van der Waals surface area (Å²) in [7, 11) is -4.40. The third kappa shape index (κ3) is 3.72. The second-order valence-corrected chi connectivity index (χ2v) is 6.63. The summed E-state index contributed by atoms with van der Waals surface area (Å²) in [6, 6.07) is 0.684. The molecule has 4 nitrogen and oxygen atoms in total. The number of hydrogen-bond donors (Lipinski definition) is 2. The molecule has 0 amide bonds. The molecular formula is C12H14F4N2O2S. The molecule has 0 heterocycles. The van der Waals surface area contributed by atoms with Crippen LogP contribution in [-0.2, 0) is 16.2 Å². The molecule has 9 heteroatoms. The molecule has 1 unspecified atom stereocenters. The molecule has 0 aromatic heterocycles. The molecule has 1 aliphatic rings. The van der Waals surface area contributed by atoms with E-state index in [2.05, 4.69) is 4.72 Å². The first-order valence-electron chi connectivity index (χ1n) is 6.24. The summed E-state index contributed by atoms with van der Waals surface area (Å²) < 4.78 is 77.7. The smallest absolute Gasteiger partial charge is 0.329 e. The van der Waals surface area contributed by atoms with Gasteiger partial charge in [-0.25, -0.2) is 17.5 Å². The van der Waals surface area contributed by atoms with E-state index >= 15 is 0 Å². The maximum absolute atomic E-state index is 13.6. The highest BCUT2D eigenvalue weighted by Crippen LogP contribution is 2.34. The average Bonchev–Trinajstić information content (AvgIpc) is 3.19. The van der Waals surface area contributed by atoms with Gasteiger partial charge in [0.15, 0.2) is 0 Å². The summed E-state index contributed by atoms with van der Waals surface area (Å²) in [6.07, 6.45) is -3.17. The minimum Gasteiger partial charge on any atom is -0.329 e. The topological polar surface area (TPSA) is 72.2 Å². The van der Waals surface area contributed by atoms with Gasteiger partial charge in [0.05, 0.1) is 5.56 Å². The summed E-state index contributed by atoms with van der Waals surface area (Å²) in [6.45, 7) is 0.00444. The molecule has 1 aromatic rings. The van der Waals surface area contributed by atoms with Gasteiger partial charge in [0.25, 0.3) is 0 Å². The zero-order valence-corrected chi connectivity index (χ0v) is 11.6.